The lowest BCUT2D eigenvalue weighted by atomic mass is 10.2. The molecule has 0 saturated carbocycles. The Bertz CT molecular complexity index is 597. The summed E-state index contributed by atoms with van der Waals surface area (Å²) in [6, 6.07) is 8.77. The second kappa shape index (κ2) is 5.48. The van der Waals surface area contributed by atoms with Gasteiger partial charge in [0.1, 0.15) is 11.6 Å². The molecule has 2 N–H and O–H groups in total. The van der Waals surface area contributed by atoms with Crippen molar-refractivity contribution in [1.29, 1.82) is 0 Å². The van der Waals surface area contributed by atoms with E-state index in [1.54, 1.807) is 12.1 Å². The molecule has 0 bridgehead atoms. The summed E-state index contributed by atoms with van der Waals surface area (Å²) >= 11 is 0. The van der Waals surface area contributed by atoms with E-state index in [0.29, 0.717) is 23.6 Å². The highest BCUT2D eigenvalue weighted by Crippen LogP contribution is 2.17. The van der Waals surface area contributed by atoms with E-state index in [1.807, 2.05) is 6.92 Å². The van der Waals surface area contributed by atoms with E-state index in [2.05, 4.69) is 10.3 Å². The fourth-order valence-corrected chi connectivity index (χ4v) is 1.64. The first-order valence-corrected chi connectivity index (χ1v) is 5.85. The molecule has 4 nitrogen and oxygen atoms in total. The van der Waals surface area contributed by atoms with Gasteiger partial charge in [0.25, 0.3) is 0 Å². The van der Waals surface area contributed by atoms with Crippen LogP contribution in [0.2, 0.25) is 0 Å². The molecule has 19 heavy (non-hydrogen) atoms. The molecular formula is C14H13FN2O2. The topological polar surface area (TPSA) is 62.2 Å². The zero-order valence-electron chi connectivity index (χ0n) is 10.4. The Morgan fingerprint density at radius 2 is 2.00 bits per heavy atom. The highest BCUT2D eigenvalue weighted by atomic mass is 19.1. The number of hydrogen-bond acceptors (Lipinski definition) is 3. The second-order valence-corrected chi connectivity index (χ2v) is 4.02. The Morgan fingerprint density at radius 1 is 1.32 bits per heavy atom. The van der Waals surface area contributed by atoms with Gasteiger partial charge in [-0.2, -0.15) is 0 Å². The van der Waals surface area contributed by atoms with Crippen molar-refractivity contribution in [2.75, 3.05) is 5.32 Å². The molecule has 0 aliphatic rings. The van der Waals surface area contributed by atoms with Crippen LogP contribution in [0.25, 0.3) is 0 Å². The lowest BCUT2D eigenvalue weighted by Gasteiger charge is -2.08. The molecular weight excluding hydrogens is 247 g/mol. The summed E-state index contributed by atoms with van der Waals surface area (Å²) in [4.78, 5) is 15.3. The van der Waals surface area contributed by atoms with Crippen LogP contribution < -0.4 is 5.32 Å². The highest BCUT2D eigenvalue weighted by molar-refractivity contribution is 5.88. The zero-order chi connectivity index (χ0) is 13.8. The van der Waals surface area contributed by atoms with Gasteiger partial charge in [-0.15, -0.1) is 0 Å². The number of aryl methyl sites for hydroxylation is 1. The van der Waals surface area contributed by atoms with Gasteiger partial charge in [-0.3, -0.25) is 0 Å². The van der Waals surface area contributed by atoms with E-state index in [1.165, 1.54) is 24.3 Å². The molecule has 0 spiro atoms. The first kappa shape index (κ1) is 13.0. The molecule has 0 atom stereocenters. The Balaban J connectivity index is 2.31. The first-order chi connectivity index (χ1) is 9.08. The number of pyridine rings is 1. The molecule has 0 saturated heterocycles. The second-order valence-electron chi connectivity index (χ2n) is 4.02. The quantitative estimate of drug-likeness (QED) is 0.886. The third-order valence-electron chi connectivity index (χ3n) is 2.60. The Kier molecular flexibility index (Phi) is 3.75. The van der Waals surface area contributed by atoms with Crippen LogP contribution in [-0.2, 0) is 6.42 Å². The monoisotopic (exact) mass is 260 g/mol. The van der Waals surface area contributed by atoms with Crippen molar-refractivity contribution in [1.82, 2.24) is 4.98 Å². The fraction of sp³-hybridized carbons (Fsp3) is 0.143. The average molecular weight is 260 g/mol. The van der Waals surface area contributed by atoms with E-state index in [0.717, 1.165) is 0 Å². The summed E-state index contributed by atoms with van der Waals surface area (Å²) < 4.78 is 12.8. The number of halogens is 1. The molecule has 0 aliphatic carbocycles. The third kappa shape index (κ3) is 3.28. The summed E-state index contributed by atoms with van der Waals surface area (Å²) in [6.45, 7) is 1.90. The largest absolute Gasteiger partial charge is 0.478 e. The van der Waals surface area contributed by atoms with Crippen LogP contribution in [0.4, 0.5) is 15.9 Å². The van der Waals surface area contributed by atoms with Crippen LogP contribution in [0.5, 0.6) is 0 Å². The minimum absolute atomic E-state index is 0.177. The maximum atomic E-state index is 12.8. The standard InChI is InChI=1S/C14H13FN2O2/c1-2-11-7-9(14(18)19)8-13(16-11)17-12-5-3-10(15)4-6-12/h3-8H,2H2,1H3,(H,16,17)(H,18,19). The van der Waals surface area contributed by atoms with Gasteiger partial charge in [0.05, 0.1) is 5.56 Å². The van der Waals surface area contributed by atoms with Crippen molar-refractivity contribution in [2.24, 2.45) is 0 Å². The van der Waals surface area contributed by atoms with Gasteiger partial charge in [-0.1, -0.05) is 6.92 Å². The number of carboxylic acids is 1. The van der Waals surface area contributed by atoms with E-state index in [9.17, 15) is 9.18 Å². The fourth-order valence-electron chi connectivity index (χ4n) is 1.64. The number of benzene rings is 1. The van der Waals surface area contributed by atoms with Crippen molar-refractivity contribution in [2.45, 2.75) is 13.3 Å². The summed E-state index contributed by atoms with van der Waals surface area (Å²) in [6.07, 6.45) is 0.638. The number of carbonyl (C=O) groups is 1. The number of aromatic nitrogens is 1. The number of hydrogen-bond donors (Lipinski definition) is 2. The van der Waals surface area contributed by atoms with Crippen LogP contribution in [-0.4, -0.2) is 16.1 Å². The molecule has 0 radical (unpaired) electrons. The van der Waals surface area contributed by atoms with Crippen molar-refractivity contribution in [3.05, 3.63) is 53.5 Å². The number of anilines is 2. The SMILES string of the molecule is CCc1cc(C(=O)O)cc(Nc2ccc(F)cc2)n1. The lowest BCUT2D eigenvalue weighted by molar-refractivity contribution is 0.0696. The van der Waals surface area contributed by atoms with E-state index < -0.39 is 5.97 Å². The van der Waals surface area contributed by atoms with Gasteiger partial charge >= 0.3 is 5.97 Å². The number of nitrogens with one attached hydrogen (secondary N) is 1. The van der Waals surface area contributed by atoms with Gasteiger partial charge in [0.2, 0.25) is 0 Å². The summed E-state index contributed by atoms with van der Waals surface area (Å²) in [5.74, 6) is -0.894. The van der Waals surface area contributed by atoms with Gasteiger partial charge in [0.15, 0.2) is 0 Å². The number of aromatic carboxylic acids is 1. The third-order valence-corrected chi connectivity index (χ3v) is 2.60. The van der Waals surface area contributed by atoms with Gasteiger partial charge in [-0.05, 0) is 42.8 Å². The summed E-state index contributed by atoms with van der Waals surface area (Å²) in [7, 11) is 0. The maximum absolute atomic E-state index is 12.8. The van der Waals surface area contributed by atoms with Crippen LogP contribution >= 0.6 is 0 Å². The Labute approximate surface area is 109 Å². The predicted octanol–water partition coefficient (Wildman–Crippen LogP) is 3.22. The van der Waals surface area contributed by atoms with Crippen LogP contribution in [0.3, 0.4) is 0 Å². The van der Waals surface area contributed by atoms with Gasteiger partial charge in [0, 0.05) is 11.4 Å². The number of rotatable bonds is 4. The molecule has 1 aromatic heterocycles. The maximum Gasteiger partial charge on any atom is 0.335 e. The number of nitrogens with zero attached hydrogens (tertiary/aromatic N) is 1. The van der Waals surface area contributed by atoms with Crippen molar-refractivity contribution in [3.63, 3.8) is 0 Å². The molecule has 0 aliphatic heterocycles. The number of carboxylic acid groups (broad SMARTS) is 1. The van der Waals surface area contributed by atoms with Gasteiger partial charge in [-0.25, -0.2) is 14.2 Å². The molecule has 0 fully saturated rings. The molecule has 0 amide bonds. The van der Waals surface area contributed by atoms with Gasteiger partial charge < -0.3 is 10.4 Å². The van der Waals surface area contributed by atoms with E-state index in [4.69, 9.17) is 5.11 Å². The van der Waals surface area contributed by atoms with Crippen LogP contribution in [0.1, 0.15) is 23.0 Å². The molecule has 1 heterocycles. The molecule has 0 unspecified atom stereocenters. The van der Waals surface area contributed by atoms with E-state index >= 15 is 0 Å². The van der Waals surface area contributed by atoms with Crippen molar-refractivity contribution >= 4 is 17.5 Å². The average Bonchev–Trinajstić information content (AvgIpc) is 2.41. The molecule has 2 rings (SSSR count). The normalized spacial score (nSPS) is 10.2. The molecule has 98 valence electrons. The summed E-state index contributed by atoms with van der Waals surface area (Å²) in [5.41, 5.74) is 1.51. The van der Waals surface area contributed by atoms with Crippen molar-refractivity contribution in [3.8, 4) is 0 Å². The Hall–Kier alpha value is -2.43. The molecule has 2 aromatic rings. The van der Waals surface area contributed by atoms with Crippen LogP contribution in [0.15, 0.2) is 36.4 Å². The minimum Gasteiger partial charge on any atom is -0.478 e. The highest BCUT2D eigenvalue weighted by Gasteiger charge is 2.08. The smallest absolute Gasteiger partial charge is 0.335 e. The minimum atomic E-state index is -1.00. The lowest BCUT2D eigenvalue weighted by Crippen LogP contribution is -2.03. The Morgan fingerprint density at radius 3 is 2.58 bits per heavy atom. The molecule has 1 aromatic carbocycles. The van der Waals surface area contributed by atoms with E-state index in [-0.39, 0.29) is 11.4 Å². The summed E-state index contributed by atoms with van der Waals surface area (Å²) in [5, 5.41) is 12.0. The first-order valence-electron chi connectivity index (χ1n) is 5.85. The van der Waals surface area contributed by atoms with Crippen LogP contribution in [0, 0.1) is 5.82 Å². The van der Waals surface area contributed by atoms with Crippen molar-refractivity contribution < 1.29 is 14.3 Å². The molecule has 5 heteroatoms. The predicted molar refractivity (Wildman–Crippen MR) is 70.3 cm³/mol. The zero-order valence-corrected chi connectivity index (χ0v) is 10.4.